The maximum absolute atomic E-state index is 10.1. The van der Waals surface area contributed by atoms with Crippen LogP contribution in [0.2, 0.25) is 0 Å². The van der Waals surface area contributed by atoms with E-state index in [1.165, 1.54) is 0 Å². The third-order valence-corrected chi connectivity index (χ3v) is 6.37. The van der Waals surface area contributed by atoms with Gasteiger partial charge in [0, 0.05) is 10.6 Å². The molecule has 0 saturated carbocycles. The molecule has 0 aliphatic rings. The van der Waals surface area contributed by atoms with Crippen LogP contribution >= 0.6 is 16.3 Å². The zero-order valence-electron chi connectivity index (χ0n) is 11.4. The number of rotatable bonds is 7. The second-order valence-corrected chi connectivity index (χ2v) is 8.15. The van der Waals surface area contributed by atoms with Crippen molar-refractivity contribution >= 4 is 26.9 Å². The van der Waals surface area contributed by atoms with E-state index in [1.54, 1.807) is 0 Å². The minimum Gasteiger partial charge on any atom is -0.369 e. The molecule has 4 heteroatoms. The SMILES string of the molecule is OP(CCCCP(O)c1ccccc1)c1ccccc1. The molecule has 0 radical (unpaired) electrons. The number of unbranched alkanes of at least 4 members (excludes halogenated alkanes) is 1. The van der Waals surface area contributed by atoms with Crippen molar-refractivity contribution < 1.29 is 9.79 Å². The highest BCUT2D eigenvalue weighted by Crippen LogP contribution is 2.33. The van der Waals surface area contributed by atoms with Crippen molar-refractivity contribution in [3.05, 3.63) is 60.7 Å². The van der Waals surface area contributed by atoms with Crippen molar-refractivity contribution in [2.75, 3.05) is 12.3 Å². The van der Waals surface area contributed by atoms with E-state index in [0.717, 1.165) is 35.8 Å². The molecular formula is C16H20O2P2. The fourth-order valence-corrected chi connectivity index (χ4v) is 4.58. The zero-order chi connectivity index (χ0) is 14.2. The molecule has 106 valence electrons. The van der Waals surface area contributed by atoms with Crippen LogP contribution in [-0.2, 0) is 0 Å². The Morgan fingerprint density at radius 1 is 0.600 bits per heavy atom. The summed E-state index contributed by atoms with van der Waals surface area (Å²) < 4.78 is 0. The van der Waals surface area contributed by atoms with E-state index in [4.69, 9.17) is 0 Å². The lowest BCUT2D eigenvalue weighted by Crippen LogP contribution is -2.04. The number of hydrogen-bond donors (Lipinski definition) is 2. The Labute approximate surface area is 123 Å². The maximum Gasteiger partial charge on any atom is 0.0563 e. The van der Waals surface area contributed by atoms with E-state index in [9.17, 15) is 9.79 Å². The summed E-state index contributed by atoms with van der Waals surface area (Å²) in [5.74, 6) is 0. The second kappa shape index (κ2) is 8.49. The standard InChI is InChI=1S/C16H20O2P2/c17-19(15-9-3-1-4-10-15)13-7-8-14-20(18)16-11-5-2-6-12-16/h1-6,9-12,17-18H,7-8,13-14H2. The highest BCUT2D eigenvalue weighted by Gasteiger charge is 2.09. The molecule has 0 fully saturated rings. The first-order valence-electron chi connectivity index (χ1n) is 6.80. The number of hydrogen-bond acceptors (Lipinski definition) is 2. The fraction of sp³-hybridized carbons (Fsp3) is 0.250. The maximum atomic E-state index is 10.1. The van der Waals surface area contributed by atoms with Gasteiger partial charge in [-0.1, -0.05) is 60.7 Å². The first kappa shape index (κ1) is 15.6. The van der Waals surface area contributed by atoms with E-state index < -0.39 is 16.3 Å². The molecule has 0 bridgehead atoms. The predicted molar refractivity (Wildman–Crippen MR) is 89.4 cm³/mol. The molecule has 0 aliphatic carbocycles. The van der Waals surface area contributed by atoms with Crippen LogP contribution in [0.25, 0.3) is 0 Å². The van der Waals surface area contributed by atoms with Gasteiger partial charge in [0.15, 0.2) is 0 Å². The van der Waals surface area contributed by atoms with Crippen molar-refractivity contribution in [1.82, 2.24) is 0 Å². The first-order valence-corrected chi connectivity index (χ1v) is 9.76. The van der Waals surface area contributed by atoms with Crippen LogP contribution < -0.4 is 10.6 Å². The summed E-state index contributed by atoms with van der Waals surface area (Å²) in [5, 5.41) is 2.08. The minimum absolute atomic E-state index is 0.817. The van der Waals surface area contributed by atoms with Gasteiger partial charge in [0.25, 0.3) is 0 Å². The van der Waals surface area contributed by atoms with Crippen LogP contribution in [0.1, 0.15) is 12.8 Å². The molecule has 0 spiro atoms. The van der Waals surface area contributed by atoms with Crippen molar-refractivity contribution in [2.45, 2.75) is 12.8 Å². The molecule has 2 unspecified atom stereocenters. The summed E-state index contributed by atoms with van der Waals surface area (Å²) in [7, 11) is -2.07. The highest BCUT2D eigenvalue weighted by atomic mass is 31.1. The van der Waals surface area contributed by atoms with Crippen molar-refractivity contribution in [3.8, 4) is 0 Å². The van der Waals surface area contributed by atoms with Gasteiger partial charge < -0.3 is 9.79 Å². The van der Waals surface area contributed by atoms with Gasteiger partial charge in [-0.15, -0.1) is 0 Å². The monoisotopic (exact) mass is 306 g/mol. The molecular weight excluding hydrogens is 286 g/mol. The van der Waals surface area contributed by atoms with Crippen molar-refractivity contribution in [1.29, 1.82) is 0 Å². The average molecular weight is 306 g/mol. The minimum atomic E-state index is -1.04. The Bertz CT molecular complexity index is 443. The Morgan fingerprint density at radius 2 is 0.950 bits per heavy atom. The summed E-state index contributed by atoms with van der Waals surface area (Å²) in [6, 6.07) is 19.7. The average Bonchev–Trinajstić information content (AvgIpc) is 2.53. The van der Waals surface area contributed by atoms with E-state index in [2.05, 4.69) is 0 Å². The van der Waals surface area contributed by atoms with Crippen LogP contribution in [0.15, 0.2) is 60.7 Å². The largest absolute Gasteiger partial charge is 0.369 e. The van der Waals surface area contributed by atoms with Crippen LogP contribution in [0.3, 0.4) is 0 Å². The molecule has 0 amide bonds. The Kier molecular flexibility index (Phi) is 6.63. The molecule has 20 heavy (non-hydrogen) atoms. The van der Waals surface area contributed by atoms with Gasteiger partial charge in [-0.3, -0.25) is 0 Å². The topological polar surface area (TPSA) is 40.5 Å². The van der Waals surface area contributed by atoms with E-state index in [1.807, 2.05) is 60.7 Å². The third kappa shape index (κ3) is 4.96. The molecule has 0 aromatic heterocycles. The third-order valence-electron chi connectivity index (χ3n) is 3.10. The van der Waals surface area contributed by atoms with E-state index in [-0.39, 0.29) is 0 Å². The Morgan fingerprint density at radius 3 is 1.30 bits per heavy atom. The van der Waals surface area contributed by atoms with Crippen LogP contribution in [-0.4, -0.2) is 22.1 Å². The van der Waals surface area contributed by atoms with Gasteiger partial charge in [-0.25, -0.2) is 0 Å². The van der Waals surface area contributed by atoms with Gasteiger partial charge >= 0.3 is 0 Å². The summed E-state index contributed by atoms with van der Waals surface area (Å²) >= 11 is 0. The molecule has 2 aromatic rings. The molecule has 0 aliphatic heterocycles. The summed E-state index contributed by atoms with van der Waals surface area (Å²) in [6.45, 7) is 0. The van der Waals surface area contributed by atoms with Gasteiger partial charge in [0.2, 0.25) is 0 Å². The Hall–Kier alpha value is -0.780. The summed E-state index contributed by atoms with van der Waals surface area (Å²) in [6.07, 6.45) is 3.56. The second-order valence-electron chi connectivity index (χ2n) is 4.62. The molecule has 2 aromatic carbocycles. The van der Waals surface area contributed by atoms with Crippen molar-refractivity contribution in [3.63, 3.8) is 0 Å². The van der Waals surface area contributed by atoms with Gasteiger partial charge in [0.05, 0.1) is 16.3 Å². The van der Waals surface area contributed by atoms with Crippen LogP contribution in [0.4, 0.5) is 0 Å². The molecule has 0 heterocycles. The first-order chi connectivity index (χ1) is 9.77. The quantitative estimate of drug-likeness (QED) is 0.609. The predicted octanol–water partition coefficient (Wildman–Crippen LogP) is 3.20. The smallest absolute Gasteiger partial charge is 0.0563 e. The van der Waals surface area contributed by atoms with Gasteiger partial charge in [-0.05, 0) is 25.2 Å². The molecule has 2 rings (SSSR count). The van der Waals surface area contributed by atoms with Gasteiger partial charge in [0.1, 0.15) is 0 Å². The number of benzene rings is 2. The lowest BCUT2D eigenvalue weighted by Gasteiger charge is -2.12. The lowest BCUT2D eigenvalue weighted by atomic mass is 10.4. The molecule has 0 saturated heterocycles. The molecule has 2 atom stereocenters. The molecule has 2 nitrogen and oxygen atoms in total. The van der Waals surface area contributed by atoms with Crippen LogP contribution in [0.5, 0.6) is 0 Å². The van der Waals surface area contributed by atoms with E-state index >= 15 is 0 Å². The van der Waals surface area contributed by atoms with Crippen molar-refractivity contribution in [2.24, 2.45) is 0 Å². The Balaban J connectivity index is 1.69. The fourth-order valence-electron chi connectivity index (χ4n) is 1.98. The van der Waals surface area contributed by atoms with Crippen LogP contribution in [0, 0.1) is 0 Å². The highest BCUT2D eigenvalue weighted by molar-refractivity contribution is 7.60. The summed E-state index contributed by atoms with van der Waals surface area (Å²) in [5.41, 5.74) is 0. The lowest BCUT2D eigenvalue weighted by molar-refractivity contribution is 0.621. The summed E-state index contributed by atoms with van der Waals surface area (Å²) in [4.78, 5) is 20.2. The normalized spacial score (nSPS) is 13.9. The zero-order valence-corrected chi connectivity index (χ0v) is 13.2. The van der Waals surface area contributed by atoms with Gasteiger partial charge in [-0.2, -0.15) is 0 Å². The van der Waals surface area contributed by atoms with E-state index in [0.29, 0.717) is 0 Å². The molecule has 2 N–H and O–H groups in total.